The second-order valence-corrected chi connectivity index (χ2v) is 3.10. The Bertz CT molecular complexity index is 309. The molecule has 6 heteroatoms. The highest BCUT2D eigenvalue weighted by molar-refractivity contribution is 6.29. The van der Waals surface area contributed by atoms with Crippen LogP contribution in [-0.2, 0) is 0 Å². The molecule has 0 aliphatic carbocycles. The molecule has 1 rings (SSSR count). The Morgan fingerprint density at radius 2 is 2.21 bits per heavy atom. The van der Waals surface area contributed by atoms with Gasteiger partial charge in [0.15, 0.2) is 0 Å². The summed E-state index contributed by atoms with van der Waals surface area (Å²) in [5, 5.41) is 10.9. The number of hydrogen-bond donors (Lipinski definition) is 2. The second-order valence-electron chi connectivity index (χ2n) is 2.71. The number of alkyl halides is 2. The SMILES string of the molecule is OCC(F)(F)CNc1cccc(Cl)n1. The van der Waals surface area contributed by atoms with Gasteiger partial charge in [-0.25, -0.2) is 13.8 Å². The summed E-state index contributed by atoms with van der Waals surface area (Å²) in [6.07, 6.45) is 0. The fourth-order valence-corrected chi connectivity index (χ4v) is 0.946. The predicted octanol–water partition coefficient (Wildman–Crippen LogP) is 1.77. The van der Waals surface area contributed by atoms with Crippen molar-refractivity contribution in [2.75, 3.05) is 18.5 Å². The van der Waals surface area contributed by atoms with Crippen LogP contribution in [0.3, 0.4) is 0 Å². The molecule has 0 atom stereocenters. The molecule has 0 spiro atoms. The monoisotopic (exact) mass is 222 g/mol. The first-order valence-corrected chi connectivity index (χ1v) is 4.26. The minimum atomic E-state index is -3.15. The number of halogens is 3. The summed E-state index contributed by atoms with van der Waals surface area (Å²) >= 11 is 5.54. The quantitative estimate of drug-likeness (QED) is 0.764. The first-order valence-electron chi connectivity index (χ1n) is 3.89. The van der Waals surface area contributed by atoms with Gasteiger partial charge in [-0.2, -0.15) is 0 Å². The largest absolute Gasteiger partial charge is 0.390 e. The van der Waals surface area contributed by atoms with E-state index in [1.165, 1.54) is 12.1 Å². The summed E-state index contributed by atoms with van der Waals surface area (Å²) in [5.74, 6) is -2.89. The van der Waals surface area contributed by atoms with Crippen LogP contribution in [0.5, 0.6) is 0 Å². The number of anilines is 1. The van der Waals surface area contributed by atoms with Crippen molar-refractivity contribution < 1.29 is 13.9 Å². The molecule has 1 aromatic rings. The van der Waals surface area contributed by atoms with Crippen LogP contribution >= 0.6 is 11.6 Å². The van der Waals surface area contributed by atoms with Crippen molar-refractivity contribution in [1.29, 1.82) is 0 Å². The maximum Gasteiger partial charge on any atom is 0.287 e. The molecule has 0 amide bonds. The van der Waals surface area contributed by atoms with Crippen molar-refractivity contribution in [2.24, 2.45) is 0 Å². The number of hydrogen-bond acceptors (Lipinski definition) is 3. The first kappa shape index (κ1) is 11.1. The van der Waals surface area contributed by atoms with Crippen LogP contribution in [-0.4, -0.2) is 29.2 Å². The van der Waals surface area contributed by atoms with Crippen molar-refractivity contribution in [3.63, 3.8) is 0 Å². The lowest BCUT2D eigenvalue weighted by molar-refractivity contribution is -0.0373. The van der Waals surface area contributed by atoms with E-state index in [-0.39, 0.29) is 11.0 Å². The van der Waals surface area contributed by atoms with Crippen molar-refractivity contribution >= 4 is 17.4 Å². The zero-order chi connectivity index (χ0) is 10.6. The molecule has 14 heavy (non-hydrogen) atoms. The Hall–Kier alpha value is -0.940. The molecule has 0 saturated heterocycles. The molecule has 78 valence electrons. The Balaban J connectivity index is 2.54. The van der Waals surface area contributed by atoms with Crippen molar-refractivity contribution in [3.8, 4) is 0 Å². The molecule has 1 heterocycles. The number of nitrogens with zero attached hydrogens (tertiary/aromatic N) is 1. The Morgan fingerprint density at radius 1 is 1.50 bits per heavy atom. The van der Waals surface area contributed by atoms with Crippen LogP contribution < -0.4 is 5.32 Å². The van der Waals surface area contributed by atoms with Gasteiger partial charge in [0, 0.05) is 0 Å². The molecule has 3 nitrogen and oxygen atoms in total. The second kappa shape index (κ2) is 4.52. The van der Waals surface area contributed by atoms with E-state index in [1.54, 1.807) is 6.07 Å². The third kappa shape index (κ3) is 3.43. The molecule has 1 aromatic heterocycles. The summed E-state index contributed by atoms with van der Waals surface area (Å²) in [6, 6.07) is 4.64. The van der Waals surface area contributed by atoms with Gasteiger partial charge in [-0.15, -0.1) is 0 Å². The Kier molecular flexibility index (Phi) is 3.60. The average Bonchev–Trinajstić information content (AvgIpc) is 2.15. The van der Waals surface area contributed by atoms with Gasteiger partial charge in [0.1, 0.15) is 17.6 Å². The number of pyridine rings is 1. The summed E-state index contributed by atoms with van der Waals surface area (Å²) in [6.45, 7) is -1.86. The zero-order valence-electron chi connectivity index (χ0n) is 7.17. The first-order chi connectivity index (χ1) is 6.53. The topological polar surface area (TPSA) is 45.1 Å². The highest BCUT2D eigenvalue weighted by atomic mass is 35.5. The number of aromatic nitrogens is 1. The number of aliphatic hydroxyl groups is 1. The van der Waals surface area contributed by atoms with E-state index in [1.807, 2.05) is 0 Å². The van der Waals surface area contributed by atoms with Crippen LogP contribution in [0.1, 0.15) is 0 Å². The number of nitrogens with one attached hydrogen (secondary N) is 1. The van der Waals surface area contributed by atoms with Gasteiger partial charge in [0.25, 0.3) is 5.92 Å². The lowest BCUT2D eigenvalue weighted by Crippen LogP contribution is -2.31. The van der Waals surface area contributed by atoms with Gasteiger partial charge >= 0.3 is 0 Å². The lowest BCUT2D eigenvalue weighted by Gasteiger charge is -2.14. The van der Waals surface area contributed by atoms with E-state index in [4.69, 9.17) is 16.7 Å². The smallest absolute Gasteiger partial charge is 0.287 e. The van der Waals surface area contributed by atoms with Crippen molar-refractivity contribution in [2.45, 2.75) is 5.92 Å². The zero-order valence-corrected chi connectivity index (χ0v) is 7.93. The van der Waals surface area contributed by atoms with E-state index in [2.05, 4.69) is 10.3 Å². The molecule has 0 aliphatic heterocycles. The van der Waals surface area contributed by atoms with Crippen LogP contribution in [0.25, 0.3) is 0 Å². The molecule has 0 unspecified atom stereocenters. The fraction of sp³-hybridized carbons (Fsp3) is 0.375. The van der Waals surface area contributed by atoms with Gasteiger partial charge in [-0.1, -0.05) is 17.7 Å². The molecular formula is C8H9ClF2N2O. The minimum Gasteiger partial charge on any atom is -0.390 e. The molecule has 0 aromatic carbocycles. The summed E-state index contributed by atoms with van der Waals surface area (Å²) in [4.78, 5) is 3.75. The van der Waals surface area contributed by atoms with Gasteiger partial charge in [-0.05, 0) is 12.1 Å². The third-order valence-electron chi connectivity index (χ3n) is 1.47. The van der Waals surface area contributed by atoms with Crippen molar-refractivity contribution in [3.05, 3.63) is 23.4 Å². The van der Waals surface area contributed by atoms with Gasteiger partial charge < -0.3 is 10.4 Å². The summed E-state index contributed by atoms with van der Waals surface area (Å²) in [5.41, 5.74) is 0. The highest BCUT2D eigenvalue weighted by Crippen LogP contribution is 2.14. The molecule has 0 saturated carbocycles. The van der Waals surface area contributed by atoms with E-state index in [9.17, 15) is 8.78 Å². The van der Waals surface area contributed by atoms with Crippen LogP contribution in [0.15, 0.2) is 18.2 Å². The van der Waals surface area contributed by atoms with Gasteiger partial charge in [0.2, 0.25) is 0 Å². The van der Waals surface area contributed by atoms with Gasteiger partial charge in [-0.3, -0.25) is 0 Å². The van der Waals surface area contributed by atoms with E-state index in [0.717, 1.165) is 0 Å². The van der Waals surface area contributed by atoms with Crippen LogP contribution in [0, 0.1) is 0 Å². The Morgan fingerprint density at radius 3 is 2.79 bits per heavy atom. The number of rotatable bonds is 4. The maximum atomic E-state index is 12.6. The van der Waals surface area contributed by atoms with Crippen LogP contribution in [0.4, 0.5) is 14.6 Å². The summed E-state index contributed by atoms with van der Waals surface area (Å²) in [7, 11) is 0. The molecular weight excluding hydrogens is 214 g/mol. The normalized spacial score (nSPS) is 11.4. The fourth-order valence-electron chi connectivity index (χ4n) is 0.782. The molecule has 2 N–H and O–H groups in total. The van der Waals surface area contributed by atoms with E-state index >= 15 is 0 Å². The molecule has 0 radical (unpaired) electrons. The van der Waals surface area contributed by atoms with Crippen LogP contribution in [0.2, 0.25) is 5.15 Å². The lowest BCUT2D eigenvalue weighted by atomic mass is 10.3. The molecule has 0 bridgehead atoms. The molecule has 0 aliphatic rings. The molecule has 0 fully saturated rings. The standard InChI is InChI=1S/C8H9ClF2N2O/c9-6-2-1-3-7(13-6)12-4-8(10,11)5-14/h1-3,14H,4-5H2,(H,12,13). The Labute approximate surface area is 84.7 Å². The summed E-state index contributed by atoms with van der Waals surface area (Å²) < 4.78 is 25.1. The minimum absolute atomic E-state index is 0.224. The van der Waals surface area contributed by atoms with E-state index < -0.39 is 19.1 Å². The number of aliphatic hydroxyl groups excluding tert-OH is 1. The van der Waals surface area contributed by atoms with E-state index in [0.29, 0.717) is 0 Å². The predicted molar refractivity (Wildman–Crippen MR) is 49.8 cm³/mol. The van der Waals surface area contributed by atoms with Crippen molar-refractivity contribution in [1.82, 2.24) is 4.98 Å². The van der Waals surface area contributed by atoms with Gasteiger partial charge in [0.05, 0.1) is 6.54 Å². The third-order valence-corrected chi connectivity index (χ3v) is 1.69. The maximum absolute atomic E-state index is 12.6. The average molecular weight is 223 g/mol. The highest BCUT2D eigenvalue weighted by Gasteiger charge is 2.27.